The lowest BCUT2D eigenvalue weighted by atomic mass is 10.0. The van der Waals surface area contributed by atoms with E-state index in [9.17, 15) is 4.79 Å². The number of carbonyl (C=O) groups excluding carboxylic acids is 1. The van der Waals surface area contributed by atoms with E-state index in [0.29, 0.717) is 22.6 Å². The summed E-state index contributed by atoms with van der Waals surface area (Å²) in [5, 5.41) is 1.84. The number of aryl methyl sites for hydroxylation is 1. The lowest BCUT2D eigenvalue weighted by Gasteiger charge is -2.11. The minimum Gasteiger partial charge on any atom is -0.493 e. The van der Waals surface area contributed by atoms with Crippen LogP contribution in [0, 0.1) is 6.92 Å². The molecule has 0 atom stereocenters. The van der Waals surface area contributed by atoms with Gasteiger partial charge in [-0.25, -0.2) is 0 Å². The molecule has 19 heavy (non-hydrogen) atoms. The lowest BCUT2D eigenvalue weighted by molar-refractivity contribution is 0.103. The van der Waals surface area contributed by atoms with Gasteiger partial charge in [0.2, 0.25) is 0 Å². The molecule has 0 saturated carbocycles. The summed E-state index contributed by atoms with van der Waals surface area (Å²) in [6.45, 7) is 1.89. The van der Waals surface area contributed by atoms with Gasteiger partial charge in [0.25, 0.3) is 0 Å². The van der Waals surface area contributed by atoms with Crippen LogP contribution in [0.25, 0.3) is 0 Å². The Morgan fingerprint density at radius 3 is 2.32 bits per heavy atom. The van der Waals surface area contributed by atoms with Crippen molar-refractivity contribution in [3.63, 3.8) is 0 Å². The van der Waals surface area contributed by atoms with Crippen LogP contribution >= 0.6 is 27.3 Å². The van der Waals surface area contributed by atoms with Crippen molar-refractivity contribution in [3.05, 3.63) is 44.1 Å². The molecule has 0 radical (unpaired) electrons. The summed E-state index contributed by atoms with van der Waals surface area (Å²) in [6, 6.07) is 5.36. The zero-order chi connectivity index (χ0) is 14.0. The smallest absolute Gasteiger partial charge is 0.194 e. The molecule has 0 aliphatic rings. The third-order valence-corrected chi connectivity index (χ3v) is 4.31. The van der Waals surface area contributed by atoms with E-state index in [4.69, 9.17) is 9.47 Å². The van der Waals surface area contributed by atoms with E-state index in [1.165, 1.54) is 11.3 Å². The van der Waals surface area contributed by atoms with Crippen molar-refractivity contribution in [2.75, 3.05) is 14.2 Å². The first-order valence-corrected chi connectivity index (χ1v) is 7.25. The maximum Gasteiger partial charge on any atom is 0.194 e. The number of rotatable bonds is 4. The third-order valence-electron chi connectivity index (χ3n) is 2.80. The van der Waals surface area contributed by atoms with Gasteiger partial charge in [0.15, 0.2) is 17.3 Å². The molecule has 1 aromatic carbocycles. The summed E-state index contributed by atoms with van der Waals surface area (Å²) < 4.78 is 11.4. The summed E-state index contributed by atoms with van der Waals surface area (Å²) in [5.74, 6) is 1.18. The zero-order valence-corrected chi connectivity index (χ0v) is 13.2. The predicted octanol–water partition coefficient (Wildman–Crippen LogP) is 4.07. The number of methoxy groups -OCH3 is 2. The number of ketones is 1. The predicted molar refractivity (Wildman–Crippen MR) is 79.7 cm³/mol. The summed E-state index contributed by atoms with van der Waals surface area (Å²) in [6.07, 6.45) is 0. The van der Waals surface area contributed by atoms with Gasteiger partial charge in [-0.15, -0.1) is 11.3 Å². The number of hydrogen-bond donors (Lipinski definition) is 0. The van der Waals surface area contributed by atoms with Crippen LogP contribution in [0.15, 0.2) is 27.4 Å². The molecule has 0 fully saturated rings. The minimum atomic E-state index is -0.0135. The molecule has 0 unspecified atom stereocenters. The van der Waals surface area contributed by atoms with Crippen LogP contribution < -0.4 is 9.47 Å². The van der Waals surface area contributed by atoms with Crippen molar-refractivity contribution in [2.45, 2.75) is 6.92 Å². The highest BCUT2D eigenvalue weighted by atomic mass is 79.9. The Labute approximate surface area is 124 Å². The number of benzene rings is 1. The second-order valence-electron chi connectivity index (χ2n) is 3.99. The average Bonchev–Trinajstić information content (AvgIpc) is 2.84. The zero-order valence-electron chi connectivity index (χ0n) is 10.8. The normalized spacial score (nSPS) is 10.3. The average molecular weight is 341 g/mol. The highest BCUT2D eigenvalue weighted by molar-refractivity contribution is 9.11. The van der Waals surface area contributed by atoms with Gasteiger partial charge < -0.3 is 9.47 Å². The highest BCUT2D eigenvalue weighted by Gasteiger charge is 2.17. The van der Waals surface area contributed by atoms with E-state index >= 15 is 0 Å². The van der Waals surface area contributed by atoms with Crippen LogP contribution in [0.2, 0.25) is 0 Å². The van der Waals surface area contributed by atoms with Crippen molar-refractivity contribution >= 4 is 33.0 Å². The number of thiophene rings is 1. The van der Waals surface area contributed by atoms with Gasteiger partial charge in [0, 0.05) is 16.5 Å². The minimum absolute atomic E-state index is 0.0135. The lowest BCUT2D eigenvalue weighted by Crippen LogP contribution is -2.04. The Hall–Kier alpha value is -1.33. The third kappa shape index (κ3) is 2.82. The van der Waals surface area contributed by atoms with E-state index < -0.39 is 0 Å². The first kappa shape index (κ1) is 14.1. The molecule has 0 aliphatic heterocycles. The molecule has 100 valence electrons. The molecule has 1 heterocycles. The van der Waals surface area contributed by atoms with Crippen LogP contribution in [0.5, 0.6) is 11.5 Å². The quantitative estimate of drug-likeness (QED) is 0.787. The maximum absolute atomic E-state index is 12.4. The fourth-order valence-electron chi connectivity index (χ4n) is 1.81. The molecule has 0 saturated heterocycles. The van der Waals surface area contributed by atoms with Crippen molar-refractivity contribution < 1.29 is 14.3 Å². The van der Waals surface area contributed by atoms with E-state index in [1.807, 2.05) is 24.4 Å². The van der Waals surface area contributed by atoms with Gasteiger partial charge in [0.05, 0.1) is 18.0 Å². The Balaban J connectivity index is 2.47. The Morgan fingerprint density at radius 2 is 1.79 bits per heavy atom. The number of halogens is 1. The van der Waals surface area contributed by atoms with Crippen molar-refractivity contribution in [1.82, 2.24) is 0 Å². The molecule has 0 aliphatic carbocycles. The molecule has 2 rings (SSSR count). The maximum atomic E-state index is 12.4. The van der Waals surface area contributed by atoms with Crippen LogP contribution in [-0.2, 0) is 0 Å². The SMILES string of the molecule is COc1cc(C)c(C(=O)c2csc(Br)c2)cc1OC. The summed E-state index contributed by atoms with van der Waals surface area (Å²) in [4.78, 5) is 12.4. The van der Waals surface area contributed by atoms with Crippen molar-refractivity contribution in [1.29, 1.82) is 0 Å². The topological polar surface area (TPSA) is 35.5 Å². The second kappa shape index (κ2) is 5.75. The fourth-order valence-corrected chi connectivity index (χ4v) is 2.95. The molecule has 0 spiro atoms. The van der Waals surface area contributed by atoms with Gasteiger partial charge in [-0.05, 0) is 46.6 Å². The van der Waals surface area contributed by atoms with Gasteiger partial charge in [-0.1, -0.05) is 0 Å². The molecular formula is C14H13BrO3S. The first-order valence-electron chi connectivity index (χ1n) is 5.58. The molecule has 2 aromatic rings. The van der Waals surface area contributed by atoms with Crippen LogP contribution in [-0.4, -0.2) is 20.0 Å². The monoisotopic (exact) mass is 340 g/mol. The molecule has 3 nitrogen and oxygen atoms in total. The second-order valence-corrected chi connectivity index (χ2v) is 6.28. The van der Waals surface area contributed by atoms with E-state index in [2.05, 4.69) is 15.9 Å². The van der Waals surface area contributed by atoms with Crippen molar-refractivity contribution in [2.24, 2.45) is 0 Å². The standard InChI is InChI=1S/C14H13BrO3S/c1-8-4-11(17-2)12(18-3)6-10(8)14(16)9-5-13(15)19-7-9/h4-7H,1-3H3. The molecular weight excluding hydrogens is 328 g/mol. The van der Waals surface area contributed by atoms with E-state index in [0.717, 1.165) is 9.35 Å². The van der Waals surface area contributed by atoms with Gasteiger partial charge in [0.1, 0.15) is 0 Å². The summed E-state index contributed by atoms with van der Waals surface area (Å²) >= 11 is 4.85. The Morgan fingerprint density at radius 1 is 1.16 bits per heavy atom. The Kier molecular flexibility index (Phi) is 4.27. The number of carbonyl (C=O) groups is 1. The Bertz CT molecular complexity index is 619. The number of hydrogen-bond acceptors (Lipinski definition) is 4. The van der Waals surface area contributed by atoms with Gasteiger partial charge in [-0.2, -0.15) is 0 Å². The first-order chi connectivity index (χ1) is 9.06. The molecule has 0 amide bonds. The summed E-state index contributed by atoms with van der Waals surface area (Å²) in [7, 11) is 3.14. The largest absolute Gasteiger partial charge is 0.493 e. The molecule has 1 aromatic heterocycles. The molecule has 5 heteroatoms. The fraction of sp³-hybridized carbons (Fsp3) is 0.214. The van der Waals surface area contributed by atoms with Crippen LogP contribution in [0.4, 0.5) is 0 Å². The van der Waals surface area contributed by atoms with Crippen molar-refractivity contribution in [3.8, 4) is 11.5 Å². The highest BCUT2D eigenvalue weighted by Crippen LogP contribution is 2.32. The number of ether oxygens (including phenoxy) is 2. The van der Waals surface area contributed by atoms with Crippen LogP contribution in [0.3, 0.4) is 0 Å². The van der Waals surface area contributed by atoms with E-state index in [-0.39, 0.29) is 5.78 Å². The molecule has 0 N–H and O–H groups in total. The summed E-state index contributed by atoms with van der Waals surface area (Å²) in [5.41, 5.74) is 2.17. The molecule has 0 bridgehead atoms. The van der Waals surface area contributed by atoms with Gasteiger partial charge >= 0.3 is 0 Å². The van der Waals surface area contributed by atoms with Crippen LogP contribution in [0.1, 0.15) is 21.5 Å². The van der Waals surface area contributed by atoms with Gasteiger partial charge in [-0.3, -0.25) is 4.79 Å². The van der Waals surface area contributed by atoms with E-state index in [1.54, 1.807) is 20.3 Å².